The molecule has 0 unspecified atom stereocenters. The van der Waals surface area contributed by atoms with E-state index in [1.165, 1.54) is 13.2 Å². The highest BCUT2D eigenvalue weighted by Crippen LogP contribution is 2.29. The summed E-state index contributed by atoms with van der Waals surface area (Å²) in [6.07, 6.45) is 0.607. The van der Waals surface area contributed by atoms with E-state index in [4.69, 9.17) is 4.74 Å². The van der Waals surface area contributed by atoms with Crippen molar-refractivity contribution >= 4 is 6.29 Å². The minimum Gasteiger partial charge on any atom is -0.496 e. The fraction of sp³-hybridized carbons (Fsp3) is 0.364. The van der Waals surface area contributed by atoms with E-state index in [-0.39, 0.29) is 11.7 Å². The van der Waals surface area contributed by atoms with E-state index in [2.05, 4.69) is 0 Å². The number of methoxy groups -OCH3 is 1. The monoisotopic (exact) mass is 196 g/mol. The van der Waals surface area contributed by atoms with Crippen molar-refractivity contribution in [1.29, 1.82) is 0 Å². The Morgan fingerprint density at radius 1 is 1.43 bits per heavy atom. The van der Waals surface area contributed by atoms with Crippen LogP contribution in [0.4, 0.5) is 4.39 Å². The van der Waals surface area contributed by atoms with E-state index < -0.39 is 0 Å². The van der Waals surface area contributed by atoms with Crippen molar-refractivity contribution in [3.63, 3.8) is 0 Å². The van der Waals surface area contributed by atoms with Gasteiger partial charge in [0.2, 0.25) is 0 Å². The van der Waals surface area contributed by atoms with Crippen molar-refractivity contribution in [3.05, 3.63) is 29.1 Å². The quantitative estimate of drug-likeness (QED) is 0.695. The molecule has 1 aromatic carbocycles. The molecule has 0 N–H and O–H groups in total. The van der Waals surface area contributed by atoms with Gasteiger partial charge >= 0.3 is 0 Å². The normalized spacial score (nSPS) is 10.4. The summed E-state index contributed by atoms with van der Waals surface area (Å²) in [6, 6.07) is 2.77. The summed E-state index contributed by atoms with van der Waals surface area (Å²) < 4.78 is 18.5. The van der Waals surface area contributed by atoms with Crippen LogP contribution in [0.2, 0.25) is 0 Å². The van der Waals surface area contributed by atoms with Gasteiger partial charge in [0.25, 0.3) is 0 Å². The summed E-state index contributed by atoms with van der Waals surface area (Å²) in [5.74, 6) is 0.0780. The van der Waals surface area contributed by atoms with Crippen LogP contribution in [-0.4, -0.2) is 13.4 Å². The van der Waals surface area contributed by atoms with Gasteiger partial charge in [-0.15, -0.1) is 0 Å². The molecular weight excluding hydrogens is 183 g/mol. The molecule has 0 spiro atoms. The Kier molecular flexibility index (Phi) is 3.23. The molecule has 0 aliphatic carbocycles. The Morgan fingerprint density at radius 3 is 2.50 bits per heavy atom. The van der Waals surface area contributed by atoms with E-state index in [1.54, 1.807) is 6.07 Å². The zero-order valence-corrected chi connectivity index (χ0v) is 8.50. The van der Waals surface area contributed by atoms with Gasteiger partial charge in [0, 0.05) is 11.1 Å². The number of hydrogen-bond donors (Lipinski definition) is 0. The number of ether oxygens (including phenoxy) is 1. The number of benzene rings is 1. The summed E-state index contributed by atoms with van der Waals surface area (Å²) in [4.78, 5) is 10.5. The highest BCUT2D eigenvalue weighted by atomic mass is 19.1. The largest absolute Gasteiger partial charge is 0.496 e. The van der Waals surface area contributed by atoms with Gasteiger partial charge in [0.05, 0.1) is 7.11 Å². The summed E-state index contributed by atoms with van der Waals surface area (Å²) in [7, 11) is 1.47. The van der Waals surface area contributed by atoms with Crippen LogP contribution in [0.5, 0.6) is 5.75 Å². The number of halogens is 1. The molecule has 76 valence electrons. The Hall–Kier alpha value is -1.38. The summed E-state index contributed by atoms with van der Waals surface area (Å²) >= 11 is 0. The number of hydrogen-bond acceptors (Lipinski definition) is 2. The number of aldehydes is 1. The summed E-state index contributed by atoms with van der Waals surface area (Å²) in [5, 5.41) is 0. The average molecular weight is 196 g/mol. The molecule has 1 rings (SSSR count). The third-order valence-electron chi connectivity index (χ3n) is 2.05. The lowest BCUT2D eigenvalue weighted by molar-refractivity contribution is 0.112. The lowest BCUT2D eigenvalue weighted by Crippen LogP contribution is -2.00. The van der Waals surface area contributed by atoms with E-state index in [1.807, 2.05) is 13.8 Å². The molecule has 0 fully saturated rings. The second-order valence-corrected chi connectivity index (χ2v) is 3.39. The van der Waals surface area contributed by atoms with Gasteiger partial charge in [-0.1, -0.05) is 13.8 Å². The molecule has 3 heteroatoms. The van der Waals surface area contributed by atoms with Crippen molar-refractivity contribution in [3.8, 4) is 5.75 Å². The summed E-state index contributed by atoms with van der Waals surface area (Å²) in [6.45, 7) is 3.75. The molecule has 1 aromatic rings. The Bertz CT molecular complexity index is 345. The van der Waals surface area contributed by atoms with Crippen molar-refractivity contribution in [2.75, 3.05) is 7.11 Å². The first-order chi connectivity index (χ1) is 6.60. The molecule has 0 amide bonds. The Balaban J connectivity index is 3.34. The van der Waals surface area contributed by atoms with E-state index in [0.717, 1.165) is 0 Å². The van der Waals surface area contributed by atoms with Crippen molar-refractivity contribution in [2.24, 2.45) is 0 Å². The van der Waals surface area contributed by atoms with Gasteiger partial charge in [-0.2, -0.15) is 0 Å². The van der Waals surface area contributed by atoms with Crippen LogP contribution in [0, 0.1) is 5.82 Å². The first-order valence-corrected chi connectivity index (χ1v) is 4.42. The van der Waals surface area contributed by atoms with Crippen LogP contribution < -0.4 is 4.74 Å². The van der Waals surface area contributed by atoms with Gasteiger partial charge in [-0.25, -0.2) is 4.39 Å². The SMILES string of the molecule is COc1cc(C=O)cc(F)c1C(C)C. The Morgan fingerprint density at radius 2 is 2.07 bits per heavy atom. The highest BCUT2D eigenvalue weighted by molar-refractivity contribution is 5.76. The van der Waals surface area contributed by atoms with Crippen LogP contribution in [-0.2, 0) is 0 Å². The maximum Gasteiger partial charge on any atom is 0.150 e. The van der Waals surface area contributed by atoms with Gasteiger partial charge in [0.15, 0.2) is 0 Å². The second-order valence-electron chi connectivity index (χ2n) is 3.39. The van der Waals surface area contributed by atoms with Gasteiger partial charge < -0.3 is 4.74 Å². The predicted molar refractivity (Wildman–Crippen MR) is 52.4 cm³/mol. The molecule has 0 saturated carbocycles. The standard InChI is InChI=1S/C11H13FO2/c1-7(2)11-9(12)4-8(6-13)5-10(11)14-3/h4-7H,1-3H3. The number of rotatable bonds is 3. The third-order valence-corrected chi connectivity index (χ3v) is 2.05. The van der Waals surface area contributed by atoms with E-state index in [0.29, 0.717) is 23.2 Å². The molecule has 0 aromatic heterocycles. The van der Waals surface area contributed by atoms with Crippen LogP contribution in [0.1, 0.15) is 35.7 Å². The molecule has 0 aliphatic heterocycles. The first-order valence-electron chi connectivity index (χ1n) is 4.42. The molecule has 0 radical (unpaired) electrons. The summed E-state index contributed by atoms with van der Waals surface area (Å²) in [5.41, 5.74) is 0.807. The maximum atomic E-state index is 13.5. The number of carbonyl (C=O) groups excluding carboxylic acids is 1. The smallest absolute Gasteiger partial charge is 0.150 e. The zero-order chi connectivity index (χ0) is 10.7. The van der Waals surface area contributed by atoms with Crippen LogP contribution in [0.3, 0.4) is 0 Å². The third kappa shape index (κ3) is 1.92. The molecular formula is C11H13FO2. The van der Waals surface area contributed by atoms with E-state index in [9.17, 15) is 9.18 Å². The molecule has 0 aliphatic rings. The fourth-order valence-corrected chi connectivity index (χ4v) is 1.41. The molecule has 0 bridgehead atoms. The van der Waals surface area contributed by atoms with Gasteiger partial charge in [0.1, 0.15) is 17.9 Å². The molecule has 0 atom stereocenters. The fourth-order valence-electron chi connectivity index (χ4n) is 1.41. The lowest BCUT2D eigenvalue weighted by Gasteiger charge is -2.13. The van der Waals surface area contributed by atoms with Gasteiger partial charge in [-0.05, 0) is 18.1 Å². The second kappa shape index (κ2) is 4.22. The molecule has 0 saturated heterocycles. The van der Waals surface area contributed by atoms with Crippen LogP contribution in [0.15, 0.2) is 12.1 Å². The minimum absolute atomic E-state index is 0.0330. The molecule has 0 heterocycles. The minimum atomic E-state index is -0.388. The number of carbonyl (C=O) groups is 1. The maximum absolute atomic E-state index is 13.5. The lowest BCUT2D eigenvalue weighted by atomic mass is 10.00. The predicted octanol–water partition coefficient (Wildman–Crippen LogP) is 2.77. The molecule has 14 heavy (non-hydrogen) atoms. The topological polar surface area (TPSA) is 26.3 Å². The van der Waals surface area contributed by atoms with Gasteiger partial charge in [-0.3, -0.25) is 4.79 Å². The zero-order valence-electron chi connectivity index (χ0n) is 8.50. The highest BCUT2D eigenvalue weighted by Gasteiger charge is 2.14. The van der Waals surface area contributed by atoms with Crippen molar-refractivity contribution < 1.29 is 13.9 Å². The molecule has 2 nitrogen and oxygen atoms in total. The first kappa shape index (κ1) is 10.7. The van der Waals surface area contributed by atoms with Crippen molar-refractivity contribution in [2.45, 2.75) is 19.8 Å². The Labute approximate surface area is 82.7 Å². The van der Waals surface area contributed by atoms with E-state index >= 15 is 0 Å². The average Bonchev–Trinajstić information content (AvgIpc) is 2.15. The van der Waals surface area contributed by atoms with Crippen LogP contribution in [0.25, 0.3) is 0 Å². The van der Waals surface area contributed by atoms with Crippen LogP contribution >= 0.6 is 0 Å². The van der Waals surface area contributed by atoms with Crippen molar-refractivity contribution in [1.82, 2.24) is 0 Å².